The molecule has 0 amide bonds. The molecule has 3 heterocycles. The first-order valence-corrected chi connectivity index (χ1v) is 14.5. The summed E-state index contributed by atoms with van der Waals surface area (Å²) in [7, 11) is -0.762. The highest BCUT2D eigenvalue weighted by Gasteiger charge is 2.42. The number of nitrogens with zero attached hydrogens (tertiary/aromatic N) is 3. The molecular weight excluding hydrogens is 550 g/mol. The van der Waals surface area contributed by atoms with Gasteiger partial charge in [-0.2, -0.15) is 0 Å². The highest BCUT2D eigenvalue weighted by molar-refractivity contribution is 7.92. The van der Waals surface area contributed by atoms with Crippen LogP contribution >= 0.6 is 12.2 Å². The number of thiocarbonyl (C=S) groups is 1. The number of esters is 1. The molecule has 1 fully saturated rings. The standard InChI is InChI=1S/C28H27N5O5S2/c1-37-24-13-12-20(17-22(24)31-40(3,35)36)33-26(25(30-28(33)39)21-10-4-5-14-29-21)23-11-7-15-32(23)19-9-6-8-18(16-19)27(34)38-2/h4-17,25-26,31H,1-3H3,(H,30,39). The summed E-state index contributed by atoms with van der Waals surface area (Å²) < 4.78 is 39.0. The fourth-order valence-electron chi connectivity index (χ4n) is 4.83. The molecule has 4 aromatic rings. The average molecular weight is 578 g/mol. The summed E-state index contributed by atoms with van der Waals surface area (Å²) in [5.41, 5.74) is 3.74. The molecule has 0 bridgehead atoms. The SMILES string of the molecule is COC(=O)c1cccc(-n2cccc2C2C(c3ccccn3)NC(=S)N2c2ccc(OC)c(NS(C)(=O)=O)c2)c1. The fourth-order valence-corrected chi connectivity index (χ4v) is 5.73. The van der Waals surface area contributed by atoms with Crippen LogP contribution in [0.5, 0.6) is 5.75 Å². The Balaban J connectivity index is 1.66. The molecule has 0 aliphatic carbocycles. The molecule has 2 unspecified atom stereocenters. The van der Waals surface area contributed by atoms with Crippen LogP contribution < -0.4 is 19.7 Å². The molecule has 1 aliphatic rings. The number of sulfonamides is 1. The van der Waals surface area contributed by atoms with Gasteiger partial charge in [-0.3, -0.25) is 9.71 Å². The van der Waals surface area contributed by atoms with E-state index >= 15 is 0 Å². The number of carbonyl (C=O) groups is 1. The summed E-state index contributed by atoms with van der Waals surface area (Å²) >= 11 is 5.84. The Bertz CT molecular complexity index is 1670. The molecule has 1 saturated heterocycles. The van der Waals surface area contributed by atoms with Crippen molar-refractivity contribution in [2.45, 2.75) is 12.1 Å². The molecule has 12 heteroatoms. The van der Waals surface area contributed by atoms with Crippen molar-refractivity contribution in [1.29, 1.82) is 0 Å². The Labute approximate surface area is 237 Å². The molecule has 2 aromatic carbocycles. The van der Waals surface area contributed by atoms with Crippen molar-refractivity contribution < 1.29 is 22.7 Å². The number of aromatic nitrogens is 2. The van der Waals surface area contributed by atoms with Crippen LogP contribution in [0.4, 0.5) is 11.4 Å². The maximum atomic E-state index is 12.2. The molecule has 0 saturated carbocycles. The van der Waals surface area contributed by atoms with Crippen LogP contribution in [-0.4, -0.2) is 49.5 Å². The second-order valence-electron chi connectivity index (χ2n) is 9.10. The number of methoxy groups -OCH3 is 2. The number of benzene rings is 2. The van der Waals surface area contributed by atoms with Crippen molar-refractivity contribution in [3.63, 3.8) is 0 Å². The van der Waals surface area contributed by atoms with E-state index < -0.39 is 22.0 Å². The molecule has 40 heavy (non-hydrogen) atoms. The number of ether oxygens (including phenoxy) is 2. The summed E-state index contributed by atoms with van der Waals surface area (Å²) in [4.78, 5) is 18.8. The number of hydrogen-bond donors (Lipinski definition) is 2. The Kier molecular flexibility index (Phi) is 7.46. The van der Waals surface area contributed by atoms with E-state index in [0.717, 1.165) is 23.3 Å². The van der Waals surface area contributed by atoms with Gasteiger partial charge < -0.3 is 24.3 Å². The molecule has 2 N–H and O–H groups in total. The van der Waals surface area contributed by atoms with Gasteiger partial charge in [0.05, 0.1) is 43.5 Å². The van der Waals surface area contributed by atoms with E-state index in [1.807, 2.05) is 58.1 Å². The van der Waals surface area contributed by atoms with Gasteiger partial charge in [0.2, 0.25) is 10.0 Å². The second-order valence-corrected chi connectivity index (χ2v) is 11.2. The van der Waals surface area contributed by atoms with Crippen LogP contribution in [0.15, 0.2) is 85.2 Å². The monoisotopic (exact) mass is 577 g/mol. The number of rotatable bonds is 8. The number of carbonyl (C=O) groups excluding carboxylic acids is 1. The zero-order valence-electron chi connectivity index (χ0n) is 21.9. The Morgan fingerprint density at radius 3 is 2.55 bits per heavy atom. The molecule has 5 rings (SSSR count). The Hall–Kier alpha value is -4.42. The molecule has 2 atom stereocenters. The lowest BCUT2D eigenvalue weighted by molar-refractivity contribution is 0.0600. The third-order valence-electron chi connectivity index (χ3n) is 6.48. The second kappa shape index (κ2) is 11.0. The topological polar surface area (TPSA) is 115 Å². The van der Waals surface area contributed by atoms with Crippen molar-refractivity contribution in [2.24, 2.45) is 0 Å². The zero-order valence-corrected chi connectivity index (χ0v) is 23.6. The van der Waals surface area contributed by atoms with E-state index in [2.05, 4.69) is 15.0 Å². The van der Waals surface area contributed by atoms with E-state index in [4.69, 9.17) is 21.7 Å². The van der Waals surface area contributed by atoms with E-state index in [1.165, 1.54) is 14.2 Å². The number of nitrogens with one attached hydrogen (secondary N) is 2. The number of hydrogen-bond acceptors (Lipinski definition) is 7. The Morgan fingerprint density at radius 1 is 1.02 bits per heavy atom. The molecular formula is C28H27N5O5S2. The smallest absolute Gasteiger partial charge is 0.337 e. The van der Waals surface area contributed by atoms with E-state index in [-0.39, 0.29) is 11.7 Å². The minimum atomic E-state index is -3.58. The molecule has 2 aromatic heterocycles. The normalized spacial score (nSPS) is 16.9. The zero-order chi connectivity index (χ0) is 28.4. The summed E-state index contributed by atoms with van der Waals surface area (Å²) in [6, 6.07) is 21.2. The number of pyridine rings is 1. The summed E-state index contributed by atoms with van der Waals surface area (Å²) in [6.45, 7) is 0. The van der Waals surface area contributed by atoms with Crippen molar-refractivity contribution in [3.8, 4) is 11.4 Å². The van der Waals surface area contributed by atoms with Crippen molar-refractivity contribution in [3.05, 3.63) is 102 Å². The van der Waals surface area contributed by atoms with Crippen LogP contribution in [0, 0.1) is 0 Å². The van der Waals surface area contributed by atoms with Gasteiger partial charge in [-0.05, 0) is 72.9 Å². The van der Waals surface area contributed by atoms with Gasteiger partial charge in [0.15, 0.2) is 5.11 Å². The molecule has 1 aliphatic heterocycles. The summed E-state index contributed by atoms with van der Waals surface area (Å²) in [5, 5.41) is 3.85. The lowest BCUT2D eigenvalue weighted by Gasteiger charge is -2.29. The van der Waals surface area contributed by atoms with Gasteiger partial charge >= 0.3 is 5.97 Å². The third-order valence-corrected chi connectivity index (χ3v) is 7.39. The predicted molar refractivity (Wildman–Crippen MR) is 157 cm³/mol. The van der Waals surface area contributed by atoms with Crippen LogP contribution in [0.25, 0.3) is 5.69 Å². The largest absolute Gasteiger partial charge is 0.495 e. The van der Waals surface area contributed by atoms with Gasteiger partial charge in [0, 0.05) is 29.5 Å². The molecule has 0 radical (unpaired) electrons. The number of anilines is 2. The molecule has 0 spiro atoms. The summed E-state index contributed by atoms with van der Waals surface area (Å²) in [5.74, 6) is -0.0653. The minimum Gasteiger partial charge on any atom is -0.495 e. The van der Waals surface area contributed by atoms with E-state index in [0.29, 0.717) is 22.1 Å². The van der Waals surface area contributed by atoms with Crippen LogP contribution in [-0.2, 0) is 14.8 Å². The summed E-state index contributed by atoms with van der Waals surface area (Å²) in [6.07, 6.45) is 4.71. The maximum absolute atomic E-state index is 12.2. The maximum Gasteiger partial charge on any atom is 0.337 e. The van der Waals surface area contributed by atoms with Crippen LogP contribution in [0.1, 0.15) is 33.8 Å². The third kappa shape index (κ3) is 5.36. The highest BCUT2D eigenvalue weighted by atomic mass is 32.2. The lowest BCUT2D eigenvalue weighted by atomic mass is 10.0. The van der Waals surface area contributed by atoms with Crippen molar-refractivity contribution in [2.75, 3.05) is 30.1 Å². The fraction of sp³-hybridized carbons (Fsp3) is 0.179. The van der Waals surface area contributed by atoms with Crippen LogP contribution in [0.3, 0.4) is 0 Å². The predicted octanol–water partition coefficient (Wildman–Crippen LogP) is 4.22. The first-order chi connectivity index (χ1) is 19.2. The first-order valence-electron chi connectivity index (χ1n) is 12.2. The van der Waals surface area contributed by atoms with Gasteiger partial charge in [-0.15, -0.1) is 0 Å². The van der Waals surface area contributed by atoms with E-state index in [9.17, 15) is 13.2 Å². The Morgan fingerprint density at radius 2 is 1.85 bits per heavy atom. The first kappa shape index (κ1) is 27.2. The molecule has 10 nitrogen and oxygen atoms in total. The van der Waals surface area contributed by atoms with Crippen molar-refractivity contribution >= 4 is 44.7 Å². The van der Waals surface area contributed by atoms with Crippen molar-refractivity contribution in [1.82, 2.24) is 14.9 Å². The van der Waals surface area contributed by atoms with Gasteiger partial charge in [-0.25, -0.2) is 13.2 Å². The van der Waals surface area contributed by atoms with Gasteiger partial charge in [0.1, 0.15) is 11.8 Å². The van der Waals surface area contributed by atoms with Crippen LogP contribution in [0.2, 0.25) is 0 Å². The quantitative estimate of drug-likeness (QED) is 0.235. The minimum absolute atomic E-state index is 0.284. The average Bonchev–Trinajstić information content (AvgIpc) is 3.56. The lowest BCUT2D eigenvalue weighted by Crippen LogP contribution is -2.30. The highest BCUT2D eigenvalue weighted by Crippen LogP contribution is 2.44. The van der Waals surface area contributed by atoms with Gasteiger partial charge in [0.25, 0.3) is 0 Å². The molecule has 206 valence electrons. The van der Waals surface area contributed by atoms with E-state index in [1.54, 1.807) is 36.5 Å². The van der Waals surface area contributed by atoms with Gasteiger partial charge in [-0.1, -0.05) is 12.1 Å².